The largest absolute Gasteiger partial charge is 0.381 e. The van der Waals surface area contributed by atoms with Crippen LogP contribution in [-0.2, 0) is 9.47 Å². The van der Waals surface area contributed by atoms with Gasteiger partial charge in [0, 0.05) is 45.5 Å². The molecular weight excluding hydrogens is 419 g/mol. The Morgan fingerprint density at radius 3 is 2.50 bits per heavy atom. The second kappa shape index (κ2) is 10.1. The van der Waals surface area contributed by atoms with Gasteiger partial charge in [-0.1, -0.05) is 0 Å². The van der Waals surface area contributed by atoms with E-state index in [0.29, 0.717) is 6.10 Å². The summed E-state index contributed by atoms with van der Waals surface area (Å²) >= 11 is 0. The molecule has 0 spiro atoms. The van der Waals surface area contributed by atoms with E-state index in [9.17, 15) is 0 Å². The Hall–Kier alpha value is -0.120. The first kappa shape index (κ1) is 20.2. The molecule has 24 heavy (non-hydrogen) atoms. The van der Waals surface area contributed by atoms with Crippen LogP contribution in [0.2, 0.25) is 0 Å². The van der Waals surface area contributed by atoms with Crippen molar-refractivity contribution in [2.24, 2.45) is 4.99 Å². The number of aliphatic imine (C=N–C) groups is 1. The lowest BCUT2D eigenvalue weighted by Gasteiger charge is -2.45. The smallest absolute Gasteiger partial charge is 0.191 e. The fourth-order valence-electron chi connectivity index (χ4n) is 4.03. The fourth-order valence-corrected chi connectivity index (χ4v) is 4.03. The minimum atomic E-state index is 0. The Kier molecular flexibility index (Phi) is 8.53. The number of halogens is 1. The molecule has 0 aromatic carbocycles. The predicted octanol–water partition coefficient (Wildman–Crippen LogP) is 1.59. The standard InChI is InChI=1S/C17H32N4O2.HI/c1-18-16(19-13-15-5-4-10-23-15)20-14-17(6-11-22-12-7-17)21-8-2-3-9-21;/h15H,2-14H2,1H3,(H2,18,19,20);1H. The number of nitrogens with zero attached hydrogens (tertiary/aromatic N) is 2. The van der Waals surface area contributed by atoms with E-state index in [0.717, 1.165) is 58.1 Å². The van der Waals surface area contributed by atoms with Gasteiger partial charge in [0.2, 0.25) is 0 Å². The van der Waals surface area contributed by atoms with Crippen molar-refractivity contribution >= 4 is 29.9 Å². The Bertz CT molecular complexity index is 390. The lowest BCUT2D eigenvalue weighted by atomic mass is 9.88. The second-order valence-electron chi connectivity index (χ2n) is 6.97. The van der Waals surface area contributed by atoms with Crippen LogP contribution in [-0.4, -0.2) is 75.5 Å². The average Bonchev–Trinajstić information content (AvgIpc) is 3.30. The van der Waals surface area contributed by atoms with E-state index < -0.39 is 0 Å². The highest BCUT2D eigenvalue weighted by atomic mass is 127. The Morgan fingerprint density at radius 1 is 1.12 bits per heavy atom. The van der Waals surface area contributed by atoms with E-state index >= 15 is 0 Å². The molecule has 0 amide bonds. The van der Waals surface area contributed by atoms with Gasteiger partial charge in [-0.2, -0.15) is 0 Å². The van der Waals surface area contributed by atoms with E-state index in [1.165, 1.54) is 32.4 Å². The highest BCUT2D eigenvalue weighted by molar-refractivity contribution is 14.0. The van der Waals surface area contributed by atoms with E-state index in [4.69, 9.17) is 9.47 Å². The quantitative estimate of drug-likeness (QED) is 0.377. The SMILES string of the molecule is CN=C(NCC1CCCO1)NCC1(N2CCCC2)CCOCC1.I. The minimum Gasteiger partial charge on any atom is -0.381 e. The average molecular weight is 452 g/mol. The van der Waals surface area contributed by atoms with Crippen molar-refractivity contribution < 1.29 is 9.47 Å². The molecule has 0 aromatic rings. The summed E-state index contributed by atoms with van der Waals surface area (Å²) < 4.78 is 11.3. The highest BCUT2D eigenvalue weighted by Gasteiger charge is 2.39. The van der Waals surface area contributed by atoms with Crippen molar-refractivity contribution in [2.75, 3.05) is 53.0 Å². The number of nitrogens with one attached hydrogen (secondary N) is 2. The third kappa shape index (κ3) is 5.19. The zero-order valence-electron chi connectivity index (χ0n) is 14.9. The lowest BCUT2D eigenvalue weighted by Crippen LogP contribution is -2.58. The number of likely N-dealkylation sites (tertiary alicyclic amines) is 1. The van der Waals surface area contributed by atoms with Crippen molar-refractivity contribution in [1.29, 1.82) is 0 Å². The Morgan fingerprint density at radius 2 is 1.88 bits per heavy atom. The first-order chi connectivity index (χ1) is 11.3. The first-order valence-electron chi connectivity index (χ1n) is 9.21. The number of rotatable bonds is 5. The molecule has 6 nitrogen and oxygen atoms in total. The van der Waals surface area contributed by atoms with Gasteiger partial charge in [0.05, 0.1) is 6.10 Å². The Labute approximate surface area is 163 Å². The molecule has 7 heteroatoms. The molecule has 3 rings (SSSR count). The van der Waals surface area contributed by atoms with Crippen LogP contribution in [0.1, 0.15) is 38.5 Å². The van der Waals surface area contributed by atoms with Crippen molar-refractivity contribution in [3.63, 3.8) is 0 Å². The molecule has 3 heterocycles. The van der Waals surface area contributed by atoms with Gasteiger partial charge in [-0.15, -0.1) is 24.0 Å². The van der Waals surface area contributed by atoms with Gasteiger partial charge < -0.3 is 20.1 Å². The summed E-state index contributed by atoms with van der Waals surface area (Å²) in [4.78, 5) is 7.06. The van der Waals surface area contributed by atoms with Crippen LogP contribution < -0.4 is 10.6 Å². The molecule has 0 saturated carbocycles. The van der Waals surface area contributed by atoms with Gasteiger partial charge in [-0.05, 0) is 51.6 Å². The maximum atomic E-state index is 5.67. The number of ether oxygens (including phenoxy) is 2. The van der Waals surface area contributed by atoms with Crippen molar-refractivity contribution in [3.05, 3.63) is 0 Å². The maximum Gasteiger partial charge on any atom is 0.191 e. The van der Waals surface area contributed by atoms with Crippen LogP contribution in [0.3, 0.4) is 0 Å². The van der Waals surface area contributed by atoms with Gasteiger partial charge in [0.15, 0.2) is 5.96 Å². The summed E-state index contributed by atoms with van der Waals surface area (Å²) in [7, 11) is 1.84. The topological polar surface area (TPSA) is 58.1 Å². The molecule has 1 unspecified atom stereocenters. The molecule has 0 radical (unpaired) electrons. The summed E-state index contributed by atoms with van der Waals surface area (Å²) in [5.74, 6) is 0.894. The normalized spacial score (nSPS) is 27.7. The number of hydrogen-bond acceptors (Lipinski definition) is 4. The van der Waals surface area contributed by atoms with E-state index in [-0.39, 0.29) is 29.5 Å². The first-order valence-corrected chi connectivity index (χ1v) is 9.21. The highest BCUT2D eigenvalue weighted by Crippen LogP contribution is 2.30. The molecule has 0 aromatic heterocycles. The maximum absolute atomic E-state index is 5.67. The molecule has 0 aliphatic carbocycles. The Balaban J connectivity index is 0.00000208. The summed E-state index contributed by atoms with van der Waals surface area (Å²) in [5, 5.41) is 6.99. The van der Waals surface area contributed by atoms with Crippen LogP contribution in [0.15, 0.2) is 4.99 Å². The van der Waals surface area contributed by atoms with E-state index in [2.05, 4.69) is 20.5 Å². The fraction of sp³-hybridized carbons (Fsp3) is 0.941. The third-order valence-corrected chi connectivity index (χ3v) is 5.53. The van der Waals surface area contributed by atoms with Crippen LogP contribution >= 0.6 is 24.0 Å². The molecule has 3 aliphatic rings. The molecular formula is C17H33IN4O2. The molecule has 3 saturated heterocycles. The van der Waals surface area contributed by atoms with Crippen LogP contribution in [0, 0.1) is 0 Å². The van der Waals surface area contributed by atoms with Gasteiger partial charge in [0.1, 0.15) is 0 Å². The predicted molar refractivity (Wildman–Crippen MR) is 107 cm³/mol. The molecule has 3 aliphatic heterocycles. The summed E-state index contributed by atoms with van der Waals surface area (Å²) in [6.45, 7) is 6.89. The van der Waals surface area contributed by atoms with Gasteiger partial charge in [0.25, 0.3) is 0 Å². The van der Waals surface area contributed by atoms with Crippen molar-refractivity contribution in [1.82, 2.24) is 15.5 Å². The number of guanidine groups is 1. The zero-order valence-corrected chi connectivity index (χ0v) is 17.2. The van der Waals surface area contributed by atoms with E-state index in [1.54, 1.807) is 0 Å². The van der Waals surface area contributed by atoms with Crippen LogP contribution in [0.4, 0.5) is 0 Å². The molecule has 2 N–H and O–H groups in total. The zero-order chi connectivity index (χ0) is 16.0. The minimum absolute atomic E-state index is 0. The second-order valence-corrected chi connectivity index (χ2v) is 6.97. The van der Waals surface area contributed by atoms with Crippen LogP contribution in [0.5, 0.6) is 0 Å². The monoisotopic (exact) mass is 452 g/mol. The summed E-state index contributed by atoms with van der Waals surface area (Å²) in [5.41, 5.74) is 0.232. The van der Waals surface area contributed by atoms with Crippen molar-refractivity contribution in [3.8, 4) is 0 Å². The van der Waals surface area contributed by atoms with E-state index in [1.807, 2.05) is 7.05 Å². The van der Waals surface area contributed by atoms with Crippen molar-refractivity contribution in [2.45, 2.75) is 50.2 Å². The summed E-state index contributed by atoms with van der Waals surface area (Å²) in [6, 6.07) is 0. The lowest BCUT2D eigenvalue weighted by molar-refractivity contribution is -0.0164. The summed E-state index contributed by atoms with van der Waals surface area (Å²) in [6.07, 6.45) is 7.55. The van der Waals surface area contributed by atoms with Gasteiger partial charge >= 0.3 is 0 Å². The van der Waals surface area contributed by atoms with Crippen LogP contribution in [0.25, 0.3) is 0 Å². The van der Waals surface area contributed by atoms with Gasteiger partial charge in [-0.25, -0.2) is 0 Å². The number of hydrogen-bond donors (Lipinski definition) is 2. The third-order valence-electron chi connectivity index (χ3n) is 5.53. The van der Waals surface area contributed by atoms with Gasteiger partial charge in [-0.3, -0.25) is 9.89 Å². The molecule has 1 atom stereocenters. The molecule has 3 fully saturated rings. The molecule has 140 valence electrons. The molecule has 0 bridgehead atoms.